The van der Waals surface area contributed by atoms with Crippen molar-refractivity contribution in [2.45, 2.75) is 11.7 Å². The van der Waals surface area contributed by atoms with E-state index < -0.39 is 32.6 Å². The number of likely N-dealkylation sites (tertiary alicyclic amines) is 1. The third-order valence-electron chi connectivity index (χ3n) is 3.20. The first kappa shape index (κ1) is 13.9. The van der Waals surface area contributed by atoms with Crippen molar-refractivity contribution in [1.29, 1.82) is 0 Å². The first-order valence-corrected chi connectivity index (χ1v) is 7.67. The fourth-order valence-electron chi connectivity index (χ4n) is 2.07. The maximum atomic E-state index is 13.1. The van der Waals surface area contributed by atoms with Crippen LogP contribution in [-0.4, -0.2) is 43.8 Å². The highest BCUT2D eigenvalue weighted by Crippen LogP contribution is 2.19. The van der Waals surface area contributed by atoms with Crippen molar-refractivity contribution >= 4 is 15.7 Å². The number of amides is 1. The minimum Gasteiger partial charge on any atom is -0.337 e. The van der Waals surface area contributed by atoms with Gasteiger partial charge in [0.15, 0.2) is 21.5 Å². The summed E-state index contributed by atoms with van der Waals surface area (Å²) in [6.45, 7) is 0.395. The van der Waals surface area contributed by atoms with Gasteiger partial charge in [-0.1, -0.05) is 0 Å². The summed E-state index contributed by atoms with van der Waals surface area (Å²) in [5, 5.41) is -0.582. The van der Waals surface area contributed by atoms with Gasteiger partial charge in [0.2, 0.25) is 0 Å². The van der Waals surface area contributed by atoms with Gasteiger partial charge in [-0.05, 0) is 24.6 Å². The molecule has 1 atom stereocenters. The molecule has 0 radical (unpaired) electrons. The zero-order chi connectivity index (χ0) is 14.2. The molecule has 1 aliphatic heterocycles. The van der Waals surface area contributed by atoms with Crippen LogP contribution in [0.4, 0.5) is 8.78 Å². The molecular weight excluding hydrogens is 276 g/mol. The van der Waals surface area contributed by atoms with Gasteiger partial charge in [0.1, 0.15) is 0 Å². The van der Waals surface area contributed by atoms with E-state index >= 15 is 0 Å². The normalized spacial score (nSPS) is 19.7. The number of benzene rings is 1. The van der Waals surface area contributed by atoms with E-state index in [1.54, 1.807) is 0 Å². The van der Waals surface area contributed by atoms with E-state index in [4.69, 9.17) is 0 Å². The third kappa shape index (κ3) is 2.91. The number of sulfone groups is 1. The van der Waals surface area contributed by atoms with Crippen molar-refractivity contribution in [1.82, 2.24) is 4.90 Å². The molecule has 1 aliphatic rings. The molecule has 104 valence electrons. The highest BCUT2D eigenvalue weighted by atomic mass is 32.2. The van der Waals surface area contributed by atoms with Gasteiger partial charge < -0.3 is 4.90 Å². The number of nitrogens with zero attached hydrogens (tertiary/aromatic N) is 1. The fraction of sp³-hybridized carbons (Fsp3) is 0.417. The summed E-state index contributed by atoms with van der Waals surface area (Å²) in [5.74, 6) is -2.60. The summed E-state index contributed by atoms with van der Waals surface area (Å²) in [6.07, 6.45) is 1.50. The number of rotatable bonds is 2. The Morgan fingerprint density at radius 3 is 2.53 bits per heavy atom. The first-order valence-electron chi connectivity index (χ1n) is 5.72. The zero-order valence-corrected chi connectivity index (χ0v) is 11.1. The van der Waals surface area contributed by atoms with E-state index in [0.717, 1.165) is 18.4 Å². The van der Waals surface area contributed by atoms with Crippen molar-refractivity contribution in [3.63, 3.8) is 0 Å². The second kappa shape index (κ2) is 4.88. The molecule has 4 nitrogen and oxygen atoms in total. The van der Waals surface area contributed by atoms with Crippen LogP contribution in [0.25, 0.3) is 0 Å². The predicted molar refractivity (Wildman–Crippen MR) is 65.5 cm³/mol. The van der Waals surface area contributed by atoms with Crippen LogP contribution in [0, 0.1) is 11.6 Å². The van der Waals surface area contributed by atoms with Crippen LogP contribution < -0.4 is 0 Å². The Morgan fingerprint density at radius 1 is 1.32 bits per heavy atom. The maximum absolute atomic E-state index is 13.1. The number of carbonyl (C=O) groups excluding carboxylic acids is 1. The minimum atomic E-state index is -3.19. The highest BCUT2D eigenvalue weighted by molar-refractivity contribution is 7.91. The Morgan fingerprint density at radius 2 is 2.00 bits per heavy atom. The molecule has 0 N–H and O–H groups in total. The average molecular weight is 289 g/mol. The maximum Gasteiger partial charge on any atom is 0.254 e. The van der Waals surface area contributed by atoms with Gasteiger partial charge in [-0.15, -0.1) is 0 Å². The molecule has 1 heterocycles. The van der Waals surface area contributed by atoms with Crippen LogP contribution in [0.3, 0.4) is 0 Å². The smallest absolute Gasteiger partial charge is 0.254 e. The molecule has 1 amide bonds. The van der Waals surface area contributed by atoms with Gasteiger partial charge in [-0.25, -0.2) is 17.2 Å². The van der Waals surface area contributed by atoms with Gasteiger partial charge in [0.05, 0.1) is 5.25 Å². The van der Waals surface area contributed by atoms with Gasteiger partial charge in [0, 0.05) is 24.9 Å². The molecule has 19 heavy (non-hydrogen) atoms. The summed E-state index contributed by atoms with van der Waals surface area (Å²) in [7, 11) is -3.19. The lowest BCUT2D eigenvalue weighted by atomic mass is 10.2. The summed E-state index contributed by atoms with van der Waals surface area (Å²) in [6, 6.07) is 2.90. The lowest BCUT2D eigenvalue weighted by Crippen LogP contribution is -2.31. The quantitative estimate of drug-likeness (QED) is 0.822. The SMILES string of the molecule is CS(=O)(=O)[C@@H]1CCN(C(=O)c2ccc(F)c(F)c2)C1. The average Bonchev–Trinajstić information content (AvgIpc) is 2.81. The number of hydrogen-bond donors (Lipinski definition) is 0. The lowest BCUT2D eigenvalue weighted by molar-refractivity contribution is 0.0792. The molecule has 1 fully saturated rings. The van der Waals surface area contributed by atoms with E-state index in [2.05, 4.69) is 0 Å². The molecule has 0 aliphatic carbocycles. The monoisotopic (exact) mass is 289 g/mol. The number of hydrogen-bond acceptors (Lipinski definition) is 3. The molecule has 0 aromatic heterocycles. The molecule has 2 rings (SSSR count). The lowest BCUT2D eigenvalue weighted by Gasteiger charge is -2.16. The zero-order valence-electron chi connectivity index (χ0n) is 10.3. The van der Waals surface area contributed by atoms with Crippen LogP contribution in [-0.2, 0) is 9.84 Å². The van der Waals surface area contributed by atoms with Crippen molar-refractivity contribution < 1.29 is 22.0 Å². The Bertz CT molecular complexity index is 615. The van der Waals surface area contributed by atoms with Crippen molar-refractivity contribution in [3.05, 3.63) is 35.4 Å². The van der Waals surface area contributed by atoms with Crippen LogP contribution >= 0.6 is 0 Å². The van der Waals surface area contributed by atoms with Crippen LogP contribution in [0.5, 0.6) is 0 Å². The second-order valence-corrected chi connectivity index (χ2v) is 6.95. The molecular formula is C12H13F2NO3S. The van der Waals surface area contributed by atoms with Gasteiger partial charge in [-0.2, -0.15) is 0 Å². The molecule has 1 aromatic rings. The Hall–Kier alpha value is -1.50. The van der Waals surface area contributed by atoms with E-state index in [9.17, 15) is 22.0 Å². The van der Waals surface area contributed by atoms with Crippen LogP contribution in [0.1, 0.15) is 16.8 Å². The first-order chi connectivity index (χ1) is 8.79. The topological polar surface area (TPSA) is 54.5 Å². The van der Waals surface area contributed by atoms with Crippen molar-refractivity contribution in [2.24, 2.45) is 0 Å². The van der Waals surface area contributed by atoms with Crippen molar-refractivity contribution in [3.8, 4) is 0 Å². The van der Waals surface area contributed by atoms with E-state index in [0.29, 0.717) is 13.0 Å². The largest absolute Gasteiger partial charge is 0.337 e. The van der Waals surface area contributed by atoms with E-state index in [1.165, 1.54) is 11.0 Å². The van der Waals surface area contributed by atoms with Gasteiger partial charge >= 0.3 is 0 Å². The molecule has 0 saturated carbocycles. The molecule has 1 aromatic carbocycles. The second-order valence-electron chi connectivity index (χ2n) is 4.62. The van der Waals surface area contributed by atoms with Gasteiger partial charge in [-0.3, -0.25) is 4.79 Å². The minimum absolute atomic E-state index is 0.0213. The summed E-state index contributed by atoms with van der Waals surface area (Å²) in [4.78, 5) is 13.4. The van der Waals surface area contributed by atoms with Crippen LogP contribution in [0.15, 0.2) is 18.2 Å². The summed E-state index contributed by atoms with van der Waals surface area (Å²) >= 11 is 0. The molecule has 7 heteroatoms. The summed E-state index contributed by atoms with van der Waals surface area (Å²) < 4.78 is 48.6. The van der Waals surface area contributed by atoms with Crippen molar-refractivity contribution in [2.75, 3.05) is 19.3 Å². The van der Waals surface area contributed by atoms with E-state index in [1.807, 2.05) is 0 Å². The van der Waals surface area contributed by atoms with Crippen LogP contribution in [0.2, 0.25) is 0 Å². The fourth-order valence-corrected chi connectivity index (χ4v) is 3.06. The molecule has 0 unspecified atom stereocenters. The molecule has 1 saturated heterocycles. The van der Waals surface area contributed by atoms with E-state index in [-0.39, 0.29) is 12.1 Å². The molecule has 0 spiro atoms. The Kier molecular flexibility index (Phi) is 3.58. The summed E-state index contributed by atoms with van der Waals surface area (Å²) in [5.41, 5.74) is 0.0213. The Labute approximate surface area is 109 Å². The number of carbonyl (C=O) groups is 1. The standard InChI is InChI=1S/C12H13F2NO3S/c1-19(17,18)9-4-5-15(7-9)12(16)8-2-3-10(13)11(14)6-8/h2-3,6,9H,4-5,7H2,1H3/t9-/m1/s1. The highest BCUT2D eigenvalue weighted by Gasteiger charge is 2.33. The molecule has 0 bridgehead atoms. The predicted octanol–water partition coefficient (Wildman–Crippen LogP) is 1.22. The third-order valence-corrected chi connectivity index (χ3v) is 4.80. The number of halogens is 2. The van der Waals surface area contributed by atoms with Gasteiger partial charge in [0.25, 0.3) is 5.91 Å². The Balaban J connectivity index is 2.15.